The lowest BCUT2D eigenvalue weighted by molar-refractivity contribution is -0.118. The Labute approximate surface area is 174 Å². The Morgan fingerprint density at radius 3 is 2.40 bits per heavy atom. The summed E-state index contributed by atoms with van der Waals surface area (Å²) >= 11 is 0. The molecule has 1 aliphatic heterocycles. The summed E-state index contributed by atoms with van der Waals surface area (Å²) in [6.45, 7) is 0. The molecule has 30 heavy (non-hydrogen) atoms. The summed E-state index contributed by atoms with van der Waals surface area (Å²) in [4.78, 5) is 20.6. The minimum Gasteiger partial charge on any atom is -0.457 e. The molecule has 2 heterocycles. The molecular formula is C23H21N3O4. The lowest BCUT2D eigenvalue weighted by Crippen LogP contribution is -2.11. The second kappa shape index (κ2) is 9.09. The van der Waals surface area contributed by atoms with Gasteiger partial charge < -0.3 is 20.0 Å². The number of para-hydroxylation sites is 1. The van der Waals surface area contributed by atoms with Gasteiger partial charge in [-0.25, -0.2) is 0 Å². The maximum absolute atomic E-state index is 10.9. The zero-order valence-electron chi connectivity index (χ0n) is 16.2. The topological polar surface area (TPSA) is 96.0 Å². The number of carbonyl (C=O) groups is 1. The number of carbonyl (C=O) groups excluding carboxylic acids is 1. The maximum atomic E-state index is 10.9. The van der Waals surface area contributed by atoms with Crippen LogP contribution < -0.4 is 15.2 Å². The second-order valence-electron chi connectivity index (χ2n) is 6.82. The first-order valence-electron chi connectivity index (χ1n) is 9.62. The Balaban J connectivity index is 1.30. The minimum absolute atomic E-state index is 0.214. The highest BCUT2D eigenvalue weighted by Crippen LogP contribution is 2.30. The molecule has 0 spiro atoms. The summed E-state index contributed by atoms with van der Waals surface area (Å²) in [7, 11) is 0. The number of nitrogens with zero attached hydrogens (tertiary/aromatic N) is 2. The van der Waals surface area contributed by atoms with Crippen molar-refractivity contribution in [3.05, 3.63) is 84.2 Å². The second-order valence-corrected chi connectivity index (χ2v) is 6.82. The van der Waals surface area contributed by atoms with Gasteiger partial charge in [0.05, 0.1) is 12.6 Å². The fourth-order valence-corrected chi connectivity index (χ4v) is 2.98. The number of rotatable bonds is 7. The SMILES string of the molecule is NC(=O)CCc1ccc(OC2=NO[C@@H](c3ccc(Oc4ccccc4)cc3)C2)cn1. The lowest BCUT2D eigenvalue weighted by Gasteiger charge is -2.10. The molecule has 0 aliphatic carbocycles. The molecule has 2 aromatic carbocycles. The van der Waals surface area contributed by atoms with E-state index in [0.717, 1.165) is 22.8 Å². The van der Waals surface area contributed by atoms with Crippen molar-refractivity contribution in [2.45, 2.75) is 25.4 Å². The zero-order chi connectivity index (χ0) is 20.8. The summed E-state index contributed by atoms with van der Waals surface area (Å²) < 4.78 is 11.6. The van der Waals surface area contributed by atoms with Crippen molar-refractivity contribution in [3.63, 3.8) is 0 Å². The van der Waals surface area contributed by atoms with Gasteiger partial charge in [0.15, 0.2) is 6.10 Å². The van der Waals surface area contributed by atoms with Crippen LogP contribution in [0.4, 0.5) is 0 Å². The third-order valence-corrected chi connectivity index (χ3v) is 4.53. The first kappa shape index (κ1) is 19.4. The van der Waals surface area contributed by atoms with Crippen LogP contribution in [-0.4, -0.2) is 16.8 Å². The van der Waals surface area contributed by atoms with Gasteiger partial charge in [0.2, 0.25) is 11.8 Å². The van der Waals surface area contributed by atoms with E-state index in [1.807, 2.05) is 54.6 Å². The molecule has 152 valence electrons. The number of oxime groups is 1. The first-order valence-corrected chi connectivity index (χ1v) is 9.62. The molecule has 1 amide bonds. The fourth-order valence-electron chi connectivity index (χ4n) is 2.98. The smallest absolute Gasteiger partial charge is 0.235 e. The largest absolute Gasteiger partial charge is 0.457 e. The highest BCUT2D eigenvalue weighted by molar-refractivity contribution is 5.79. The predicted octanol–water partition coefficient (Wildman–Crippen LogP) is 4.15. The van der Waals surface area contributed by atoms with Crippen LogP contribution in [0.25, 0.3) is 0 Å². The van der Waals surface area contributed by atoms with Crippen molar-refractivity contribution >= 4 is 11.8 Å². The molecule has 0 bridgehead atoms. The lowest BCUT2D eigenvalue weighted by atomic mass is 10.1. The molecule has 0 radical (unpaired) electrons. The van der Waals surface area contributed by atoms with E-state index in [1.54, 1.807) is 18.3 Å². The van der Waals surface area contributed by atoms with Gasteiger partial charge in [0, 0.05) is 12.1 Å². The standard InChI is InChI=1S/C23H21N3O4/c24-22(27)13-9-17-8-12-20(15-25-17)29-23-14-21(30-26-23)16-6-10-19(11-7-16)28-18-4-2-1-3-5-18/h1-8,10-12,15,21H,9,13-14H2,(H2,24,27)/t21-/m1/s1. The zero-order valence-corrected chi connectivity index (χ0v) is 16.2. The number of amides is 1. The molecule has 4 rings (SSSR count). The summed E-state index contributed by atoms with van der Waals surface area (Å²) in [5.41, 5.74) is 6.92. The number of nitrogens with two attached hydrogens (primary N) is 1. The number of primary amides is 1. The molecule has 0 fully saturated rings. The molecule has 1 aliphatic rings. The first-order chi connectivity index (χ1) is 14.7. The Kier molecular flexibility index (Phi) is 5.89. The van der Waals surface area contributed by atoms with E-state index in [9.17, 15) is 4.79 Å². The van der Waals surface area contributed by atoms with Gasteiger partial charge in [-0.15, -0.1) is 0 Å². The Morgan fingerprint density at radius 2 is 1.70 bits per heavy atom. The molecule has 1 atom stereocenters. The van der Waals surface area contributed by atoms with E-state index in [4.69, 9.17) is 20.0 Å². The van der Waals surface area contributed by atoms with E-state index in [2.05, 4.69) is 10.1 Å². The number of ether oxygens (including phenoxy) is 2. The number of aromatic nitrogens is 1. The van der Waals surface area contributed by atoms with Gasteiger partial charge in [0.25, 0.3) is 0 Å². The van der Waals surface area contributed by atoms with Gasteiger partial charge in [-0.1, -0.05) is 35.5 Å². The van der Waals surface area contributed by atoms with Crippen molar-refractivity contribution < 1.29 is 19.1 Å². The van der Waals surface area contributed by atoms with Crippen LogP contribution in [0.1, 0.15) is 30.2 Å². The molecule has 7 nitrogen and oxygen atoms in total. The summed E-state index contributed by atoms with van der Waals surface area (Å²) in [5, 5.41) is 4.04. The van der Waals surface area contributed by atoms with Crippen LogP contribution in [0.2, 0.25) is 0 Å². The van der Waals surface area contributed by atoms with Gasteiger partial charge in [-0.05, 0) is 48.4 Å². The maximum Gasteiger partial charge on any atom is 0.235 e. The minimum atomic E-state index is -0.347. The van der Waals surface area contributed by atoms with Gasteiger partial charge >= 0.3 is 0 Å². The number of aryl methyl sites for hydroxylation is 1. The molecule has 0 saturated carbocycles. The van der Waals surface area contributed by atoms with Gasteiger partial charge in [-0.3, -0.25) is 9.78 Å². The monoisotopic (exact) mass is 403 g/mol. The number of hydrogen-bond donors (Lipinski definition) is 1. The molecule has 7 heteroatoms. The molecule has 1 aromatic heterocycles. The van der Waals surface area contributed by atoms with Gasteiger partial charge in [-0.2, -0.15) is 0 Å². The third kappa shape index (κ3) is 5.14. The summed E-state index contributed by atoms with van der Waals surface area (Å²) in [5.74, 6) is 2.24. The highest BCUT2D eigenvalue weighted by atomic mass is 16.7. The molecule has 0 unspecified atom stereocenters. The van der Waals surface area contributed by atoms with Crippen molar-refractivity contribution in [1.82, 2.24) is 4.98 Å². The normalized spacial score (nSPS) is 15.2. The van der Waals surface area contributed by atoms with Crippen LogP contribution in [0.5, 0.6) is 17.2 Å². The van der Waals surface area contributed by atoms with E-state index in [-0.39, 0.29) is 18.4 Å². The van der Waals surface area contributed by atoms with E-state index >= 15 is 0 Å². The Hall–Kier alpha value is -3.87. The average Bonchev–Trinajstić information content (AvgIpc) is 3.23. The fraction of sp³-hybridized carbons (Fsp3) is 0.174. The van der Waals surface area contributed by atoms with Crippen LogP contribution in [-0.2, 0) is 16.1 Å². The van der Waals surface area contributed by atoms with Crippen LogP contribution >= 0.6 is 0 Å². The predicted molar refractivity (Wildman–Crippen MR) is 111 cm³/mol. The van der Waals surface area contributed by atoms with Gasteiger partial charge in [0.1, 0.15) is 17.2 Å². The van der Waals surface area contributed by atoms with Crippen molar-refractivity contribution in [2.24, 2.45) is 10.9 Å². The highest BCUT2D eigenvalue weighted by Gasteiger charge is 2.24. The molecule has 2 N–H and O–H groups in total. The van der Waals surface area contributed by atoms with E-state index < -0.39 is 0 Å². The van der Waals surface area contributed by atoms with Crippen LogP contribution in [0.15, 0.2) is 78.1 Å². The van der Waals surface area contributed by atoms with Crippen molar-refractivity contribution in [3.8, 4) is 17.2 Å². The molecular weight excluding hydrogens is 382 g/mol. The number of benzene rings is 2. The number of pyridine rings is 1. The van der Waals surface area contributed by atoms with E-state index in [1.165, 1.54) is 0 Å². The average molecular weight is 403 g/mol. The third-order valence-electron chi connectivity index (χ3n) is 4.53. The number of hydrogen-bond acceptors (Lipinski definition) is 6. The Morgan fingerprint density at radius 1 is 0.967 bits per heavy atom. The van der Waals surface area contributed by atoms with Crippen LogP contribution in [0.3, 0.4) is 0 Å². The van der Waals surface area contributed by atoms with Crippen molar-refractivity contribution in [2.75, 3.05) is 0 Å². The molecule has 0 saturated heterocycles. The van der Waals surface area contributed by atoms with Crippen molar-refractivity contribution in [1.29, 1.82) is 0 Å². The van der Waals surface area contributed by atoms with E-state index in [0.29, 0.717) is 24.5 Å². The summed E-state index contributed by atoms with van der Waals surface area (Å²) in [6, 6.07) is 20.9. The summed E-state index contributed by atoms with van der Waals surface area (Å²) in [6.07, 6.45) is 2.68. The van der Waals surface area contributed by atoms with Crippen LogP contribution in [0, 0.1) is 0 Å². The Bertz CT molecular complexity index is 1020. The molecule has 3 aromatic rings. The quantitative estimate of drug-likeness (QED) is 0.639.